The maximum absolute atomic E-state index is 12.2. The summed E-state index contributed by atoms with van der Waals surface area (Å²) in [5.41, 5.74) is -0.593. The van der Waals surface area contributed by atoms with Crippen molar-refractivity contribution in [3.8, 4) is 0 Å². The van der Waals surface area contributed by atoms with Gasteiger partial charge in [0.15, 0.2) is 5.11 Å². The average Bonchev–Trinajstić information content (AvgIpc) is 2.37. The summed E-state index contributed by atoms with van der Waals surface area (Å²) >= 11 is 5.10. The normalized spacial score (nSPS) is 29.2. The first-order valence-corrected chi connectivity index (χ1v) is 6.89. The van der Waals surface area contributed by atoms with E-state index in [-0.39, 0.29) is 6.61 Å². The summed E-state index contributed by atoms with van der Waals surface area (Å²) in [7, 11) is 0. The van der Waals surface area contributed by atoms with E-state index in [9.17, 15) is 9.90 Å². The van der Waals surface area contributed by atoms with Crippen LogP contribution in [-0.2, 0) is 9.53 Å². The summed E-state index contributed by atoms with van der Waals surface area (Å²) in [6, 6.07) is 8.97. The van der Waals surface area contributed by atoms with Crippen LogP contribution in [-0.4, -0.2) is 28.5 Å². The third kappa shape index (κ3) is 2.91. The molecular weight excluding hydrogens is 276 g/mol. The van der Waals surface area contributed by atoms with Gasteiger partial charge in [0.2, 0.25) is 0 Å². The van der Waals surface area contributed by atoms with E-state index in [0.29, 0.717) is 5.11 Å². The van der Waals surface area contributed by atoms with Crippen LogP contribution in [0.1, 0.15) is 25.5 Å². The van der Waals surface area contributed by atoms with Crippen LogP contribution in [0.2, 0.25) is 0 Å². The Kier molecular flexibility index (Phi) is 4.25. The standard InChI is InChI=1S/C14H18N2O3S/c1-3-19-12(17)10-11(9-7-5-4-6-8-9)15-13(20)16-14(10,2)18/h4-8,10-11,18H,3H2,1-2H3,(H2,15,16,20)/t10-,11+,14+/m0/s1. The van der Waals surface area contributed by atoms with Gasteiger partial charge in [-0.15, -0.1) is 0 Å². The second kappa shape index (κ2) is 5.76. The SMILES string of the molecule is CCOC(=O)[C@@H]1[C@@H](c2ccccc2)NC(=S)N[C@]1(C)O. The molecule has 3 atom stereocenters. The van der Waals surface area contributed by atoms with Crippen LogP contribution < -0.4 is 10.6 Å². The van der Waals surface area contributed by atoms with Crippen LogP contribution in [0.5, 0.6) is 0 Å². The van der Waals surface area contributed by atoms with Gasteiger partial charge in [-0.2, -0.15) is 0 Å². The maximum atomic E-state index is 12.2. The third-order valence-corrected chi connectivity index (χ3v) is 3.51. The zero-order valence-electron chi connectivity index (χ0n) is 11.4. The Labute approximate surface area is 123 Å². The Bertz CT molecular complexity index is 504. The fourth-order valence-corrected chi connectivity index (χ4v) is 2.76. The van der Waals surface area contributed by atoms with Crippen LogP contribution in [0.4, 0.5) is 0 Å². The highest BCUT2D eigenvalue weighted by Crippen LogP contribution is 2.33. The summed E-state index contributed by atoms with van der Waals surface area (Å²) in [6.45, 7) is 3.52. The van der Waals surface area contributed by atoms with E-state index < -0.39 is 23.7 Å². The van der Waals surface area contributed by atoms with Gasteiger partial charge in [0.05, 0.1) is 12.6 Å². The maximum Gasteiger partial charge on any atom is 0.316 e. The van der Waals surface area contributed by atoms with Gasteiger partial charge in [0, 0.05) is 0 Å². The molecule has 0 spiro atoms. The summed E-state index contributed by atoms with van der Waals surface area (Å²) in [4.78, 5) is 12.2. The van der Waals surface area contributed by atoms with Gasteiger partial charge in [-0.05, 0) is 31.6 Å². The quantitative estimate of drug-likeness (QED) is 0.573. The second-order valence-corrected chi connectivity index (χ2v) is 5.27. The van der Waals surface area contributed by atoms with Crippen LogP contribution >= 0.6 is 12.2 Å². The molecule has 0 radical (unpaired) electrons. The molecular formula is C14H18N2O3S. The fraction of sp³-hybridized carbons (Fsp3) is 0.429. The molecule has 0 saturated carbocycles. The number of thiocarbonyl (C=S) groups is 1. The highest BCUT2D eigenvalue weighted by atomic mass is 32.1. The Morgan fingerprint density at radius 2 is 2.10 bits per heavy atom. The molecule has 6 heteroatoms. The van der Waals surface area contributed by atoms with E-state index in [4.69, 9.17) is 17.0 Å². The summed E-state index contributed by atoms with van der Waals surface area (Å²) in [6.07, 6.45) is 0. The molecule has 20 heavy (non-hydrogen) atoms. The Morgan fingerprint density at radius 3 is 2.70 bits per heavy atom. The minimum absolute atomic E-state index is 0.261. The lowest BCUT2D eigenvalue weighted by Crippen LogP contribution is -2.65. The molecule has 0 bridgehead atoms. The Morgan fingerprint density at radius 1 is 1.45 bits per heavy atom. The molecule has 1 saturated heterocycles. The van der Waals surface area contributed by atoms with Crippen molar-refractivity contribution in [3.05, 3.63) is 35.9 Å². The number of ether oxygens (including phenoxy) is 1. The minimum atomic E-state index is -1.46. The Balaban J connectivity index is 2.39. The molecule has 1 aromatic carbocycles. The molecule has 1 aromatic rings. The molecule has 1 fully saturated rings. The number of hydrogen-bond donors (Lipinski definition) is 3. The number of benzene rings is 1. The van der Waals surface area contributed by atoms with Crippen molar-refractivity contribution in [2.45, 2.75) is 25.6 Å². The summed E-state index contributed by atoms with van der Waals surface area (Å²) in [5, 5.41) is 16.6. The van der Waals surface area contributed by atoms with Crippen molar-refractivity contribution in [1.82, 2.24) is 10.6 Å². The zero-order chi connectivity index (χ0) is 14.8. The predicted molar refractivity (Wildman–Crippen MR) is 78.8 cm³/mol. The number of carbonyl (C=O) groups is 1. The van der Waals surface area contributed by atoms with Gasteiger partial charge in [0.1, 0.15) is 11.6 Å². The fourth-order valence-electron chi connectivity index (χ4n) is 2.43. The lowest BCUT2D eigenvalue weighted by Gasteiger charge is -2.43. The highest BCUT2D eigenvalue weighted by Gasteiger charge is 2.48. The average molecular weight is 294 g/mol. The molecule has 1 aliphatic heterocycles. The zero-order valence-corrected chi connectivity index (χ0v) is 12.2. The van der Waals surface area contributed by atoms with E-state index in [1.165, 1.54) is 6.92 Å². The van der Waals surface area contributed by atoms with Crippen LogP contribution in [0.15, 0.2) is 30.3 Å². The summed E-state index contributed by atoms with van der Waals surface area (Å²) in [5.74, 6) is -1.26. The topological polar surface area (TPSA) is 70.6 Å². The number of esters is 1. The first-order valence-electron chi connectivity index (χ1n) is 6.48. The predicted octanol–water partition coefficient (Wildman–Crippen LogP) is 1.09. The van der Waals surface area contributed by atoms with Gasteiger partial charge >= 0.3 is 5.97 Å². The van der Waals surface area contributed by atoms with E-state index in [2.05, 4.69) is 10.6 Å². The molecule has 0 aliphatic carbocycles. The lowest BCUT2D eigenvalue weighted by atomic mass is 9.83. The molecule has 0 amide bonds. The molecule has 0 aromatic heterocycles. The lowest BCUT2D eigenvalue weighted by molar-refractivity contribution is -0.162. The van der Waals surface area contributed by atoms with Gasteiger partial charge in [-0.1, -0.05) is 30.3 Å². The molecule has 5 nitrogen and oxygen atoms in total. The Hall–Kier alpha value is -1.66. The largest absolute Gasteiger partial charge is 0.466 e. The highest BCUT2D eigenvalue weighted by molar-refractivity contribution is 7.80. The first kappa shape index (κ1) is 14.7. The molecule has 3 N–H and O–H groups in total. The second-order valence-electron chi connectivity index (χ2n) is 4.86. The van der Waals surface area contributed by atoms with E-state index in [1.54, 1.807) is 6.92 Å². The minimum Gasteiger partial charge on any atom is -0.466 e. The van der Waals surface area contributed by atoms with Crippen molar-refractivity contribution >= 4 is 23.3 Å². The van der Waals surface area contributed by atoms with E-state index >= 15 is 0 Å². The number of nitrogens with one attached hydrogen (secondary N) is 2. The third-order valence-electron chi connectivity index (χ3n) is 3.29. The number of aliphatic hydroxyl groups is 1. The molecule has 108 valence electrons. The molecule has 0 unspecified atom stereocenters. The van der Waals surface area contributed by atoms with Crippen molar-refractivity contribution < 1.29 is 14.6 Å². The molecule has 1 aliphatic rings. The molecule has 2 rings (SSSR count). The number of carbonyl (C=O) groups excluding carboxylic acids is 1. The number of hydrogen-bond acceptors (Lipinski definition) is 4. The van der Waals surface area contributed by atoms with E-state index in [0.717, 1.165) is 5.56 Å². The van der Waals surface area contributed by atoms with Crippen molar-refractivity contribution in [3.63, 3.8) is 0 Å². The van der Waals surface area contributed by atoms with E-state index in [1.807, 2.05) is 30.3 Å². The first-order chi connectivity index (χ1) is 9.45. The van der Waals surface area contributed by atoms with Gasteiger partial charge < -0.3 is 20.5 Å². The molecule has 1 heterocycles. The van der Waals surface area contributed by atoms with Crippen LogP contribution in [0.3, 0.4) is 0 Å². The summed E-state index contributed by atoms with van der Waals surface area (Å²) < 4.78 is 5.08. The monoisotopic (exact) mass is 294 g/mol. The van der Waals surface area contributed by atoms with Crippen LogP contribution in [0, 0.1) is 5.92 Å². The smallest absolute Gasteiger partial charge is 0.316 e. The van der Waals surface area contributed by atoms with Gasteiger partial charge in [-0.3, -0.25) is 4.79 Å². The van der Waals surface area contributed by atoms with Gasteiger partial charge in [0.25, 0.3) is 0 Å². The van der Waals surface area contributed by atoms with Crippen molar-refractivity contribution in [2.75, 3.05) is 6.61 Å². The van der Waals surface area contributed by atoms with Crippen molar-refractivity contribution in [1.29, 1.82) is 0 Å². The number of rotatable bonds is 3. The van der Waals surface area contributed by atoms with Gasteiger partial charge in [-0.25, -0.2) is 0 Å². The van der Waals surface area contributed by atoms with Crippen molar-refractivity contribution in [2.24, 2.45) is 5.92 Å². The van der Waals surface area contributed by atoms with Crippen LogP contribution in [0.25, 0.3) is 0 Å².